The van der Waals surface area contributed by atoms with Gasteiger partial charge in [-0.3, -0.25) is 0 Å². The highest BCUT2D eigenvalue weighted by Crippen LogP contribution is 2.29. The van der Waals surface area contributed by atoms with Crippen LogP contribution in [0.3, 0.4) is 0 Å². The summed E-state index contributed by atoms with van der Waals surface area (Å²) < 4.78 is 12.8. The highest BCUT2D eigenvalue weighted by molar-refractivity contribution is 8.00. The SMILES string of the molecule is CNC(Cc1ccc(F)cc1)C1CCCS1. The fourth-order valence-electron chi connectivity index (χ4n) is 2.21. The van der Waals surface area contributed by atoms with Crippen LogP contribution in [0.4, 0.5) is 4.39 Å². The third-order valence-electron chi connectivity index (χ3n) is 3.15. The maximum atomic E-state index is 12.8. The second-order valence-electron chi connectivity index (χ2n) is 4.28. The Morgan fingerprint density at radius 1 is 1.44 bits per heavy atom. The molecule has 88 valence electrons. The molecular formula is C13H18FNS. The fraction of sp³-hybridized carbons (Fsp3) is 0.538. The number of thioether (sulfide) groups is 1. The van der Waals surface area contributed by atoms with E-state index in [1.807, 2.05) is 19.2 Å². The van der Waals surface area contributed by atoms with Gasteiger partial charge in [0, 0.05) is 11.3 Å². The van der Waals surface area contributed by atoms with Gasteiger partial charge in [-0.15, -0.1) is 0 Å². The van der Waals surface area contributed by atoms with Gasteiger partial charge >= 0.3 is 0 Å². The van der Waals surface area contributed by atoms with Crippen LogP contribution in [0, 0.1) is 5.82 Å². The topological polar surface area (TPSA) is 12.0 Å². The molecule has 0 amide bonds. The van der Waals surface area contributed by atoms with Crippen molar-refractivity contribution in [3.63, 3.8) is 0 Å². The molecule has 3 heteroatoms. The number of benzene rings is 1. The molecule has 1 N–H and O–H groups in total. The first kappa shape index (κ1) is 11.9. The van der Waals surface area contributed by atoms with Gasteiger partial charge in [0.25, 0.3) is 0 Å². The first-order valence-electron chi connectivity index (χ1n) is 5.83. The lowest BCUT2D eigenvalue weighted by molar-refractivity contribution is 0.523. The number of hydrogen-bond donors (Lipinski definition) is 1. The van der Waals surface area contributed by atoms with Crippen LogP contribution in [0.25, 0.3) is 0 Å². The average Bonchev–Trinajstić information content (AvgIpc) is 2.82. The average molecular weight is 239 g/mol. The van der Waals surface area contributed by atoms with Crippen LogP contribution >= 0.6 is 11.8 Å². The smallest absolute Gasteiger partial charge is 0.123 e. The van der Waals surface area contributed by atoms with Gasteiger partial charge in [-0.25, -0.2) is 4.39 Å². The van der Waals surface area contributed by atoms with E-state index < -0.39 is 0 Å². The van der Waals surface area contributed by atoms with Crippen LogP contribution in [0.1, 0.15) is 18.4 Å². The molecule has 1 aliphatic heterocycles. The Labute approximate surface area is 101 Å². The zero-order chi connectivity index (χ0) is 11.4. The van der Waals surface area contributed by atoms with Gasteiger partial charge in [0.05, 0.1) is 0 Å². The van der Waals surface area contributed by atoms with Crippen molar-refractivity contribution in [1.82, 2.24) is 5.32 Å². The van der Waals surface area contributed by atoms with E-state index in [0.717, 1.165) is 11.7 Å². The monoisotopic (exact) mass is 239 g/mol. The summed E-state index contributed by atoms with van der Waals surface area (Å²) in [5, 5.41) is 4.11. The Morgan fingerprint density at radius 2 is 2.19 bits per heavy atom. The molecule has 1 saturated heterocycles. The second-order valence-corrected chi connectivity index (χ2v) is 5.62. The standard InChI is InChI=1S/C13H18FNS/c1-15-12(13-3-2-8-16-13)9-10-4-6-11(14)7-5-10/h4-7,12-13,15H,2-3,8-9H2,1H3. The molecule has 2 rings (SSSR count). The molecule has 1 heterocycles. The van der Waals surface area contributed by atoms with Gasteiger partial charge < -0.3 is 5.32 Å². The minimum Gasteiger partial charge on any atom is -0.316 e. The predicted octanol–water partition coefficient (Wildman–Crippen LogP) is 2.85. The molecule has 1 aliphatic rings. The van der Waals surface area contributed by atoms with E-state index in [1.54, 1.807) is 12.1 Å². The van der Waals surface area contributed by atoms with Crippen molar-refractivity contribution in [3.8, 4) is 0 Å². The molecule has 1 aromatic rings. The summed E-state index contributed by atoms with van der Waals surface area (Å²) in [6.07, 6.45) is 3.63. The normalized spacial score (nSPS) is 22.2. The summed E-state index contributed by atoms with van der Waals surface area (Å²) in [4.78, 5) is 0. The minimum absolute atomic E-state index is 0.153. The van der Waals surface area contributed by atoms with Crippen LogP contribution < -0.4 is 5.32 Å². The molecule has 0 saturated carbocycles. The van der Waals surface area contributed by atoms with E-state index in [4.69, 9.17) is 0 Å². The van der Waals surface area contributed by atoms with E-state index in [-0.39, 0.29) is 5.82 Å². The summed E-state index contributed by atoms with van der Waals surface area (Å²) >= 11 is 2.06. The summed E-state index contributed by atoms with van der Waals surface area (Å²) in [5.41, 5.74) is 1.22. The predicted molar refractivity (Wildman–Crippen MR) is 68.4 cm³/mol. The maximum absolute atomic E-state index is 12.8. The number of hydrogen-bond acceptors (Lipinski definition) is 2. The number of halogens is 1. The third kappa shape index (κ3) is 2.98. The van der Waals surface area contributed by atoms with Crippen molar-refractivity contribution in [2.75, 3.05) is 12.8 Å². The van der Waals surface area contributed by atoms with E-state index >= 15 is 0 Å². The largest absolute Gasteiger partial charge is 0.316 e. The molecule has 1 fully saturated rings. The highest BCUT2D eigenvalue weighted by atomic mass is 32.2. The van der Waals surface area contributed by atoms with E-state index in [9.17, 15) is 4.39 Å². The van der Waals surface area contributed by atoms with Gasteiger partial charge in [0.2, 0.25) is 0 Å². The first-order valence-corrected chi connectivity index (χ1v) is 6.88. The molecule has 0 bridgehead atoms. The lowest BCUT2D eigenvalue weighted by Gasteiger charge is -2.22. The zero-order valence-corrected chi connectivity index (χ0v) is 10.4. The number of nitrogens with one attached hydrogen (secondary N) is 1. The van der Waals surface area contributed by atoms with Crippen molar-refractivity contribution in [1.29, 1.82) is 0 Å². The Hall–Kier alpha value is -0.540. The quantitative estimate of drug-likeness (QED) is 0.867. The van der Waals surface area contributed by atoms with Gasteiger partial charge in [-0.05, 0) is 49.8 Å². The maximum Gasteiger partial charge on any atom is 0.123 e. The van der Waals surface area contributed by atoms with Crippen molar-refractivity contribution in [2.45, 2.75) is 30.6 Å². The van der Waals surface area contributed by atoms with Gasteiger partial charge in [-0.2, -0.15) is 11.8 Å². The molecule has 1 aromatic carbocycles. The van der Waals surface area contributed by atoms with E-state index in [0.29, 0.717) is 6.04 Å². The fourth-order valence-corrected chi connectivity index (χ4v) is 3.65. The van der Waals surface area contributed by atoms with Crippen molar-refractivity contribution in [3.05, 3.63) is 35.6 Å². The molecule has 0 aromatic heterocycles. The van der Waals surface area contributed by atoms with Gasteiger partial charge in [0.15, 0.2) is 0 Å². The lowest BCUT2D eigenvalue weighted by atomic mass is 10.0. The Bertz CT molecular complexity index is 319. The molecular weight excluding hydrogens is 221 g/mol. The van der Waals surface area contributed by atoms with Crippen LogP contribution in [0.15, 0.2) is 24.3 Å². The van der Waals surface area contributed by atoms with Crippen LogP contribution in [-0.2, 0) is 6.42 Å². The summed E-state index contributed by atoms with van der Waals surface area (Å²) in [6, 6.07) is 7.38. The number of rotatable bonds is 4. The molecule has 2 unspecified atom stereocenters. The lowest BCUT2D eigenvalue weighted by Crippen LogP contribution is -2.36. The highest BCUT2D eigenvalue weighted by Gasteiger charge is 2.24. The van der Waals surface area contributed by atoms with Crippen LogP contribution in [0.5, 0.6) is 0 Å². The molecule has 0 radical (unpaired) electrons. The molecule has 16 heavy (non-hydrogen) atoms. The molecule has 1 nitrogen and oxygen atoms in total. The zero-order valence-electron chi connectivity index (χ0n) is 9.58. The van der Waals surface area contributed by atoms with E-state index in [2.05, 4.69) is 17.1 Å². The Morgan fingerprint density at radius 3 is 2.75 bits per heavy atom. The number of likely N-dealkylation sites (N-methyl/N-ethyl adjacent to an activating group) is 1. The van der Waals surface area contributed by atoms with Crippen molar-refractivity contribution >= 4 is 11.8 Å². The second kappa shape index (κ2) is 5.69. The molecule has 0 spiro atoms. The van der Waals surface area contributed by atoms with E-state index in [1.165, 1.54) is 24.2 Å². The summed E-state index contributed by atoms with van der Waals surface area (Å²) in [5.74, 6) is 1.13. The van der Waals surface area contributed by atoms with Gasteiger partial charge in [0.1, 0.15) is 5.82 Å². The Kier molecular flexibility index (Phi) is 4.24. The van der Waals surface area contributed by atoms with Crippen molar-refractivity contribution < 1.29 is 4.39 Å². The first-order chi connectivity index (χ1) is 7.79. The summed E-state index contributed by atoms with van der Waals surface area (Å²) in [7, 11) is 2.02. The molecule has 2 atom stereocenters. The Balaban J connectivity index is 1.97. The molecule has 0 aliphatic carbocycles. The van der Waals surface area contributed by atoms with Crippen molar-refractivity contribution in [2.24, 2.45) is 0 Å². The summed E-state index contributed by atoms with van der Waals surface area (Å²) in [6.45, 7) is 0. The van der Waals surface area contributed by atoms with Crippen LogP contribution in [0.2, 0.25) is 0 Å². The third-order valence-corrected chi connectivity index (χ3v) is 4.67. The minimum atomic E-state index is -0.153. The van der Waals surface area contributed by atoms with Gasteiger partial charge in [-0.1, -0.05) is 12.1 Å². The van der Waals surface area contributed by atoms with Crippen LogP contribution in [-0.4, -0.2) is 24.1 Å².